The lowest BCUT2D eigenvalue weighted by atomic mass is 9.33. The molecule has 2 aliphatic rings. The summed E-state index contributed by atoms with van der Waals surface area (Å²) < 4.78 is 2.42. The quantitative estimate of drug-likeness (QED) is 0.142. The molecule has 0 atom stereocenters. The van der Waals surface area contributed by atoms with Gasteiger partial charge >= 0.3 is 0 Å². The van der Waals surface area contributed by atoms with Crippen LogP contribution >= 0.6 is 0 Å². The molecular formula is C97H95BN4. The SMILES string of the molecule is CC(C)(C)c1cc(-c2cc3c4c(c2)N(c2c(-c5ccccc5)cc(C(C)(C)C)cc2-c2ccccc2)c2ccc(-n5c6ccc(C(C)(C)C)cc6c6cc(C(C)(C)C)cc(C#N)c65)cc2B4c2ccccc2N3c2c(-c3ccccc3)cc(C(C)(C)C)cc2-c2ccccc2)cc(C(C)(C)C)c1. The Kier molecular flexibility index (Phi) is 16.1. The third kappa shape index (κ3) is 11.8. The molecule has 0 bridgehead atoms. The van der Waals surface area contributed by atoms with Crippen LogP contribution in [-0.2, 0) is 32.5 Å². The van der Waals surface area contributed by atoms with E-state index in [9.17, 15) is 5.26 Å². The van der Waals surface area contributed by atoms with E-state index in [1.54, 1.807) is 0 Å². The normalized spacial score (nSPS) is 13.3. The van der Waals surface area contributed by atoms with Crippen LogP contribution in [0.2, 0.25) is 0 Å². The highest BCUT2D eigenvalue weighted by Crippen LogP contribution is 2.56. The highest BCUT2D eigenvalue weighted by Gasteiger charge is 2.46. The predicted octanol–water partition coefficient (Wildman–Crippen LogP) is 24.9. The molecule has 506 valence electrons. The second kappa shape index (κ2) is 24.4. The number of hydrogen-bond acceptors (Lipinski definition) is 3. The number of fused-ring (bicyclic) bond motifs is 7. The first-order valence-electron chi connectivity index (χ1n) is 36.6. The Morgan fingerprint density at radius 2 is 0.667 bits per heavy atom. The molecule has 2 aliphatic heterocycles. The van der Waals surface area contributed by atoms with Gasteiger partial charge in [0.05, 0.1) is 28.0 Å². The van der Waals surface area contributed by atoms with Crippen molar-refractivity contribution < 1.29 is 0 Å². The summed E-state index contributed by atoms with van der Waals surface area (Å²) in [4.78, 5) is 5.37. The lowest BCUT2D eigenvalue weighted by molar-refractivity contribution is 0.569. The average molecular weight is 1330 g/mol. The van der Waals surface area contributed by atoms with E-state index in [1.165, 1.54) is 49.8 Å². The van der Waals surface area contributed by atoms with Crippen molar-refractivity contribution in [1.82, 2.24) is 4.57 Å². The van der Waals surface area contributed by atoms with Gasteiger partial charge in [-0.1, -0.05) is 288 Å². The smallest absolute Gasteiger partial charge is 0.252 e. The second-order valence-electron chi connectivity index (χ2n) is 35.0. The Morgan fingerprint density at radius 3 is 1.09 bits per heavy atom. The second-order valence-corrected chi connectivity index (χ2v) is 35.0. The van der Waals surface area contributed by atoms with Crippen molar-refractivity contribution in [2.75, 3.05) is 9.80 Å². The first-order chi connectivity index (χ1) is 48.3. The van der Waals surface area contributed by atoms with Gasteiger partial charge in [-0.3, -0.25) is 0 Å². The van der Waals surface area contributed by atoms with Crippen LogP contribution in [0.5, 0.6) is 0 Å². The van der Waals surface area contributed by atoms with Crippen molar-refractivity contribution in [2.45, 2.75) is 157 Å². The van der Waals surface area contributed by atoms with Crippen molar-refractivity contribution in [2.24, 2.45) is 0 Å². The molecule has 3 heterocycles. The van der Waals surface area contributed by atoms with Gasteiger partial charge in [-0.25, -0.2) is 0 Å². The Morgan fingerprint density at radius 1 is 0.294 bits per heavy atom. The summed E-state index contributed by atoms with van der Waals surface area (Å²) in [6, 6.07) is 97.9. The molecule has 0 radical (unpaired) electrons. The fourth-order valence-corrected chi connectivity index (χ4v) is 15.8. The van der Waals surface area contributed by atoms with E-state index < -0.39 is 0 Å². The molecule has 102 heavy (non-hydrogen) atoms. The number of nitriles is 1. The zero-order valence-corrected chi connectivity index (χ0v) is 63.0. The summed E-state index contributed by atoms with van der Waals surface area (Å²) >= 11 is 0. The van der Waals surface area contributed by atoms with Crippen LogP contribution in [0, 0.1) is 11.3 Å². The van der Waals surface area contributed by atoms with Gasteiger partial charge in [-0.05, 0) is 201 Å². The highest BCUT2D eigenvalue weighted by atomic mass is 15.2. The van der Waals surface area contributed by atoms with Crippen LogP contribution < -0.4 is 26.2 Å². The average Bonchev–Trinajstić information content (AvgIpc) is 0.690. The van der Waals surface area contributed by atoms with Gasteiger partial charge in [0.1, 0.15) is 6.07 Å². The van der Waals surface area contributed by atoms with Gasteiger partial charge < -0.3 is 14.4 Å². The maximum Gasteiger partial charge on any atom is 0.252 e. The van der Waals surface area contributed by atoms with Crippen molar-refractivity contribution >= 4 is 79.0 Å². The zero-order valence-electron chi connectivity index (χ0n) is 63.0. The molecule has 0 unspecified atom stereocenters. The molecule has 0 saturated heterocycles. The largest absolute Gasteiger partial charge is 0.310 e. The monoisotopic (exact) mass is 1330 g/mol. The van der Waals surface area contributed by atoms with Gasteiger partial charge in [0.25, 0.3) is 6.71 Å². The van der Waals surface area contributed by atoms with Crippen LogP contribution in [0.4, 0.5) is 34.1 Å². The zero-order chi connectivity index (χ0) is 71.9. The van der Waals surface area contributed by atoms with Crippen LogP contribution in [0.25, 0.3) is 83.1 Å². The van der Waals surface area contributed by atoms with E-state index in [0.717, 1.165) is 117 Å². The van der Waals surface area contributed by atoms with E-state index >= 15 is 0 Å². The Hall–Kier alpha value is -10.4. The van der Waals surface area contributed by atoms with E-state index in [1.807, 2.05) is 0 Å². The third-order valence-corrected chi connectivity index (χ3v) is 21.7. The van der Waals surface area contributed by atoms with Crippen LogP contribution in [0.3, 0.4) is 0 Å². The lowest BCUT2D eigenvalue weighted by Gasteiger charge is -2.46. The molecule has 0 aliphatic carbocycles. The van der Waals surface area contributed by atoms with Gasteiger partial charge in [0.2, 0.25) is 0 Å². The number of aromatic nitrogens is 1. The van der Waals surface area contributed by atoms with Gasteiger partial charge in [-0.15, -0.1) is 0 Å². The molecular weight excluding hydrogens is 1230 g/mol. The molecule has 13 aromatic rings. The summed E-state index contributed by atoms with van der Waals surface area (Å²) in [5.74, 6) is 0. The minimum atomic E-state index is -0.291. The molecule has 0 N–H and O–H groups in total. The molecule has 0 spiro atoms. The number of para-hydroxylation sites is 1. The Labute approximate surface area is 607 Å². The molecule has 0 fully saturated rings. The molecule has 12 aromatic carbocycles. The van der Waals surface area contributed by atoms with E-state index in [-0.39, 0.29) is 39.2 Å². The van der Waals surface area contributed by atoms with Gasteiger partial charge in [0.15, 0.2) is 0 Å². The molecule has 5 heteroatoms. The number of hydrogen-bond donors (Lipinski definition) is 0. The topological polar surface area (TPSA) is 35.2 Å². The fourth-order valence-electron chi connectivity index (χ4n) is 15.8. The predicted molar refractivity (Wildman–Crippen MR) is 439 cm³/mol. The number of rotatable bonds is 8. The molecule has 1 aromatic heterocycles. The highest BCUT2D eigenvalue weighted by molar-refractivity contribution is 7.00. The fraction of sp³-hybridized carbons (Fsp3) is 0.247. The summed E-state index contributed by atoms with van der Waals surface area (Å²) in [6.45, 7) is 41.6. The van der Waals surface area contributed by atoms with Crippen molar-refractivity contribution in [3.8, 4) is 67.4 Å². The van der Waals surface area contributed by atoms with E-state index in [0.29, 0.717) is 5.56 Å². The Balaban J connectivity index is 1.17. The summed E-state index contributed by atoms with van der Waals surface area (Å²) in [7, 11) is 0. The standard InChI is InChI=1S/C97H95BN4/c1-92(2,3)68-43-45-83-79(53-68)80-58-71(95(10,11)12)49-67(60-99)89(80)100(83)74-44-46-85-82(59-74)98-81-41-31-32-42-84(81)101(90-75(61-33-23-19-24-34-61)54-72(96(13,14)15)55-76(90)62-35-25-20-26-36-62)86-50-66(65-47-69(93(4,5)6)52-70(48-65)94(7,8)9)51-87(88(86)98)102(85)91-77(63-37-27-21-28-38-63)56-73(97(16,17)18)57-78(91)64-39-29-22-30-40-64/h19-59H,1-18H3. The minimum Gasteiger partial charge on any atom is -0.310 e. The molecule has 15 rings (SSSR count). The molecule has 0 saturated carbocycles. The maximum absolute atomic E-state index is 11.6. The third-order valence-electron chi connectivity index (χ3n) is 21.7. The van der Waals surface area contributed by atoms with Gasteiger partial charge in [0, 0.05) is 61.5 Å². The van der Waals surface area contributed by atoms with E-state index in [4.69, 9.17) is 0 Å². The number of anilines is 6. The first kappa shape index (κ1) is 67.4. The first-order valence-corrected chi connectivity index (χ1v) is 36.6. The van der Waals surface area contributed by atoms with Crippen molar-refractivity contribution in [1.29, 1.82) is 5.26 Å². The van der Waals surface area contributed by atoms with Crippen LogP contribution in [0.1, 0.15) is 164 Å². The van der Waals surface area contributed by atoms with Crippen molar-refractivity contribution in [3.63, 3.8) is 0 Å². The lowest BCUT2D eigenvalue weighted by Crippen LogP contribution is -2.61. The van der Waals surface area contributed by atoms with Crippen LogP contribution in [-0.4, -0.2) is 11.3 Å². The minimum absolute atomic E-state index is 0.115. The summed E-state index contributed by atoms with van der Waals surface area (Å²) in [6.07, 6.45) is 0. The molecule has 4 nitrogen and oxygen atoms in total. The van der Waals surface area contributed by atoms with Gasteiger partial charge in [-0.2, -0.15) is 5.26 Å². The van der Waals surface area contributed by atoms with Crippen LogP contribution in [0.15, 0.2) is 249 Å². The summed E-state index contributed by atoms with van der Waals surface area (Å²) in [5, 5.41) is 13.8. The number of nitrogens with zero attached hydrogens (tertiary/aromatic N) is 4. The number of benzene rings is 12. The molecule has 0 amide bonds. The summed E-state index contributed by atoms with van der Waals surface area (Å²) in [5.41, 5.74) is 31.9. The van der Waals surface area contributed by atoms with E-state index in [2.05, 4.69) is 394 Å². The Bertz CT molecular complexity index is 5340. The maximum atomic E-state index is 11.6. The van der Waals surface area contributed by atoms with Crippen molar-refractivity contribution in [3.05, 3.63) is 288 Å².